The molecule has 1 heterocycles. The van der Waals surface area contributed by atoms with Crippen LogP contribution in [0.25, 0.3) is 22.1 Å². The second-order valence-corrected chi connectivity index (χ2v) is 5.72. The molecule has 8 nitrogen and oxygen atoms in total. The molecule has 1 aromatic heterocycles. The van der Waals surface area contributed by atoms with E-state index in [1.807, 2.05) is 0 Å². The molecular formula is C18H17N3O5. The highest BCUT2D eigenvalue weighted by molar-refractivity contribution is 6.03. The van der Waals surface area contributed by atoms with Crippen LogP contribution < -0.4 is 10.5 Å². The zero-order valence-electron chi connectivity index (χ0n) is 14.2. The summed E-state index contributed by atoms with van der Waals surface area (Å²) in [6, 6.07) is 7.39. The molecule has 0 amide bonds. The Kier molecular flexibility index (Phi) is 4.68. The van der Waals surface area contributed by atoms with Crippen molar-refractivity contribution in [1.29, 1.82) is 0 Å². The van der Waals surface area contributed by atoms with Crippen molar-refractivity contribution in [1.82, 2.24) is 9.97 Å². The zero-order chi connectivity index (χ0) is 18.8. The van der Waals surface area contributed by atoms with E-state index in [1.165, 1.54) is 20.1 Å². The SMILES string of the molecule is COc1ccc(COC(=O)C(C)N)c2nc3cccc(C(=O)O)c3nc12. The highest BCUT2D eigenvalue weighted by Gasteiger charge is 2.17. The third kappa shape index (κ3) is 3.14. The number of esters is 1. The van der Waals surface area contributed by atoms with Gasteiger partial charge in [-0.2, -0.15) is 0 Å². The van der Waals surface area contributed by atoms with Crippen LogP contribution in [0.15, 0.2) is 30.3 Å². The van der Waals surface area contributed by atoms with Crippen LogP contribution >= 0.6 is 0 Å². The minimum atomic E-state index is -1.09. The number of aromatic carboxylic acids is 1. The molecule has 1 unspecified atom stereocenters. The van der Waals surface area contributed by atoms with E-state index in [2.05, 4.69) is 9.97 Å². The van der Waals surface area contributed by atoms with E-state index in [0.717, 1.165) is 0 Å². The van der Waals surface area contributed by atoms with Crippen LogP contribution in [-0.4, -0.2) is 40.2 Å². The van der Waals surface area contributed by atoms with E-state index in [1.54, 1.807) is 24.3 Å². The second-order valence-electron chi connectivity index (χ2n) is 5.72. The van der Waals surface area contributed by atoms with Crippen molar-refractivity contribution in [2.45, 2.75) is 19.6 Å². The Morgan fingerprint density at radius 1 is 1.15 bits per heavy atom. The summed E-state index contributed by atoms with van der Waals surface area (Å²) >= 11 is 0. The van der Waals surface area contributed by atoms with Crippen LogP contribution in [0.3, 0.4) is 0 Å². The van der Waals surface area contributed by atoms with Crippen LogP contribution in [-0.2, 0) is 16.1 Å². The van der Waals surface area contributed by atoms with Crippen LogP contribution in [0.5, 0.6) is 5.75 Å². The Balaban J connectivity index is 2.19. The molecule has 3 aromatic rings. The lowest BCUT2D eigenvalue weighted by Crippen LogP contribution is -2.28. The molecule has 134 valence electrons. The third-order valence-corrected chi connectivity index (χ3v) is 3.86. The number of hydrogen-bond donors (Lipinski definition) is 2. The van der Waals surface area contributed by atoms with Crippen molar-refractivity contribution in [2.75, 3.05) is 7.11 Å². The van der Waals surface area contributed by atoms with Gasteiger partial charge in [0, 0.05) is 5.56 Å². The molecule has 3 N–H and O–H groups in total. The van der Waals surface area contributed by atoms with E-state index < -0.39 is 18.0 Å². The van der Waals surface area contributed by atoms with E-state index in [-0.39, 0.29) is 17.7 Å². The Labute approximate surface area is 148 Å². The topological polar surface area (TPSA) is 125 Å². The number of nitrogens with zero attached hydrogens (tertiary/aromatic N) is 2. The van der Waals surface area contributed by atoms with Gasteiger partial charge >= 0.3 is 11.9 Å². The fourth-order valence-electron chi connectivity index (χ4n) is 2.54. The van der Waals surface area contributed by atoms with Gasteiger partial charge in [0.25, 0.3) is 0 Å². The third-order valence-electron chi connectivity index (χ3n) is 3.86. The Morgan fingerprint density at radius 3 is 2.58 bits per heavy atom. The van der Waals surface area contributed by atoms with Gasteiger partial charge in [0.2, 0.25) is 0 Å². The lowest BCUT2D eigenvalue weighted by molar-refractivity contribution is -0.146. The van der Waals surface area contributed by atoms with E-state index >= 15 is 0 Å². The van der Waals surface area contributed by atoms with E-state index in [0.29, 0.717) is 27.9 Å². The Hall–Kier alpha value is -3.26. The molecule has 8 heteroatoms. The first-order chi connectivity index (χ1) is 12.4. The van der Waals surface area contributed by atoms with Gasteiger partial charge in [-0.15, -0.1) is 0 Å². The molecule has 1 atom stereocenters. The molecular weight excluding hydrogens is 338 g/mol. The first-order valence-electron chi connectivity index (χ1n) is 7.84. The Morgan fingerprint density at radius 2 is 1.92 bits per heavy atom. The molecule has 0 aliphatic carbocycles. The average molecular weight is 355 g/mol. The molecule has 0 saturated heterocycles. The van der Waals surface area contributed by atoms with Crippen molar-refractivity contribution in [3.63, 3.8) is 0 Å². The molecule has 0 aliphatic heterocycles. The summed E-state index contributed by atoms with van der Waals surface area (Å²) in [5.41, 5.74) is 7.71. The van der Waals surface area contributed by atoms with Gasteiger partial charge in [-0.25, -0.2) is 14.8 Å². The lowest BCUT2D eigenvalue weighted by atomic mass is 10.1. The molecule has 3 rings (SSSR count). The summed E-state index contributed by atoms with van der Waals surface area (Å²) in [7, 11) is 1.49. The maximum absolute atomic E-state index is 11.6. The van der Waals surface area contributed by atoms with Crippen LogP contribution in [0.2, 0.25) is 0 Å². The predicted octanol–water partition coefficient (Wildman–Crippen LogP) is 1.88. The highest BCUT2D eigenvalue weighted by Crippen LogP contribution is 2.29. The molecule has 0 bridgehead atoms. The first kappa shape index (κ1) is 17.6. The van der Waals surface area contributed by atoms with Gasteiger partial charge in [-0.3, -0.25) is 4.79 Å². The second kappa shape index (κ2) is 6.93. The van der Waals surface area contributed by atoms with Crippen molar-refractivity contribution < 1.29 is 24.2 Å². The number of hydrogen-bond acceptors (Lipinski definition) is 7. The molecule has 0 saturated carbocycles. The number of fused-ring (bicyclic) bond motifs is 2. The number of aromatic nitrogens is 2. The number of benzene rings is 2. The lowest BCUT2D eigenvalue weighted by Gasteiger charge is -2.12. The van der Waals surface area contributed by atoms with Crippen LogP contribution in [0, 0.1) is 0 Å². The number of carboxylic acid groups (broad SMARTS) is 1. The number of nitrogens with two attached hydrogens (primary N) is 1. The summed E-state index contributed by atoms with van der Waals surface area (Å²) in [6.07, 6.45) is 0. The first-order valence-corrected chi connectivity index (χ1v) is 7.84. The van der Waals surface area contributed by atoms with Crippen molar-refractivity contribution in [3.8, 4) is 5.75 Å². The van der Waals surface area contributed by atoms with Gasteiger partial charge in [0.05, 0.1) is 23.7 Å². The number of methoxy groups -OCH3 is 1. The fourth-order valence-corrected chi connectivity index (χ4v) is 2.54. The number of ether oxygens (including phenoxy) is 2. The minimum absolute atomic E-state index is 0.0281. The van der Waals surface area contributed by atoms with Crippen LogP contribution in [0.1, 0.15) is 22.8 Å². The largest absolute Gasteiger partial charge is 0.494 e. The number of carbonyl (C=O) groups excluding carboxylic acids is 1. The number of rotatable bonds is 5. The highest BCUT2D eigenvalue weighted by atomic mass is 16.5. The van der Waals surface area contributed by atoms with E-state index in [9.17, 15) is 14.7 Å². The van der Waals surface area contributed by atoms with Gasteiger partial charge in [0.15, 0.2) is 0 Å². The summed E-state index contributed by atoms with van der Waals surface area (Å²) in [6.45, 7) is 1.51. The minimum Gasteiger partial charge on any atom is -0.494 e. The van der Waals surface area contributed by atoms with Crippen molar-refractivity contribution in [3.05, 3.63) is 41.5 Å². The molecule has 0 fully saturated rings. The molecule has 0 radical (unpaired) electrons. The van der Waals surface area contributed by atoms with Gasteiger partial charge in [-0.1, -0.05) is 6.07 Å². The number of carbonyl (C=O) groups is 2. The maximum atomic E-state index is 11.6. The molecule has 2 aromatic carbocycles. The fraction of sp³-hybridized carbons (Fsp3) is 0.222. The van der Waals surface area contributed by atoms with Gasteiger partial charge in [0.1, 0.15) is 29.4 Å². The molecule has 0 aliphatic rings. The molecule has 26 heavy (non-hydrogen) atoms. The number of para-hydroxylation sites is 1. The zero-order valence-corrected chi connectivity index (χ0v) is 14.2. The molecule has 0 spiro atoms. The standard InChI is InChI=1S/C18H17N3O5/c1-9(19)18(24)26-8-10-6-7-13(25-2)16-14(10)20-12-5-3-4-11(17(22)23)15(12)21-16/h3-7,9H,8,19H2,1-2H3,(H,22,23). The van der Waals surface area contributed by atoms with Crippen molar-refractivity contribution >= 4 is 34.0 Å². The van der Waals surface area contributed by atoms with Crippen LogP contribution in [0.4, 0.5) is 0 Å². The summed E-state index contributed by atoms with van der Waals surface area (Å²) < 4.78 is 10.5. The Bertz CT molecular complexity index is 1020. The predicted molar refractivity (Wildman–Crippen MR) is 94.0 cm³/mol. The van der Waals surface area contributed by atoms with E-state index in [4.69, 9.17) is 15.2 Å². The monoisotopic (exact) mass is 355 g/mol. The van der Waals surface area contributed by atoms with Crippen molar-refractivity contribution in [2.24, 2.45) is 5.73 Å². The quantitative estimate of drug-likeness (QED) is 0.525. The number of carboxylic acids is 1. The normalized spacial score (nSPS) is 12.1. The maximum Gasteiger partial charge on any atom is 0.337 e. The summed E-state index contributed by atoms with van der Waals surface area (Å²) in [4.78, 5) is 32.1. The smallest absolute Gasteiger partial charge is 0.337 e. The van der Waals surface area contributed by atoms with Gasteiger partial charge < -0.3 is 20.3 Å². The average Bonchev–Trinajstić information content (AvgIpc) is 2.63. The van der Waals surface area contributed by atoms with Gasteiger partial charge in [-0.05, 0) is 31.2 Å². The summed E-state index contributed by atoms with van der Waals surface area (Å²) in [5.74, 6) is -1.18. The summed E-state index contributed by atoms with van der Waals surface area (Å²) in [5, 5.41) is 9.36.